The number of anilines is 2. The van der Waals surface area contributed by atoms with Crippen LogP contribution >= 0.6 is 0 Å². The molecule has 3 rings (SSSR count). The van der Waals surface area contributed by atoms with Gasteiger partial charge in [0, 0.05) is 20.1 Å². The second-order valence-corrected chi connectivity index (χ2v) is 5.63. The highest BCUT2D eigenvalue weighted by Crippen LogP contribution is 2.40. The molecule has 1 saturated heterocycles. The first-order chi connectivity index (χ1) is 9.71. The summed E-state index contributed by atoms with van der Waals surface area (Å²) in [5.41, 5.74) is 1.23. The van der Waals surface area contributed by atoms with E-state index in [0.29, 0.717) is 11.4 Å². The van der Waals surface area contributed by atoms with E-state index in [0.717, 1.165) is 29.9 Å². The Kier molecular flexibility index (Phi) is 3.23. The van der Waals surface area contributed by atoms with Gasteiger partial charge >= 0.3 is 0 Å². The number of hydrogen-bond acceptors (Lipinski definition) is 5. The summed E-state index contributed by atoms with van der Waals surface area (Å²) in [5, 5.41) is 11.1. The Balaban J connectivity index is 2.00. The van der Waals surface area contributed by atoms with Gasteiger partial charge in [0.15, 0.2) is 5.65 Å². The third-order valence-electron chi connectivity index (χ3n) is 4.75. The molecule has 3 heterocycles. The van der Waals surface area contributed by atoms with E-state index in [1.807, 2.05) is 13.2 Å². The second kappa shape index (κ2) is 4.92. The fourth-order valence-corrected chi connectivity index (χ4v) is 3.12. The maximum atomic E-state index is 4.65. The van der Waals surface area contributed by atoms with Crippen LogP contribution in [0.5, 0.6) is 0 Å². The molecule has 0 aromatic carbocycles. The molecule has 0 bridgehead atoms. The van der Waals surface area contributed by atoms with E-state index < -0.39 is 0 Å². The molecule has 0 atom stereocenters. The first-order valence-electron chi connectivity index (χ1n) is 7.35. The SMILES string of the molecule is CCC1(CC)CCN(c2nc(NC)nc3[nH]ncc23)C1. The van der Waals surface area contributed by atoms with E-state index >= 15 is 0 Å². The van der Waals surface area contributed by atoms with Gasteiger partial charge < -0.3 is 10.2 Å². The van der Waals surface area contributed by atoms with Crippen LogP contribution in [-0.4, -0.2) is 40.3 Å². The van der Waals surface area contributed by atoms with Gasteiger partial charge in [0.2, 0.25) is 5.95 Å². The van der Waals surface area contributed by atoms with Crippen molar-refractivity contribution in [2.24, 2.45) is 5.41 Å². The predicted molar refractivity (Wildman–Crippen MR) is 81.1 cm³/mol. The number of aromatic amines is 1. The maximum absolute atomic E-state index is 4.65. The van der Waals surface area contributed by atoms with E-state index in [4.69, 9.17) is 0 Å². The zero-order chi connectivity index (χ0) is 14.2. The number of nitrogens with one attached hydrogen (secondary N) is 2. The van der Waals surface area contributed by atoms with Gasteiger partial charge in [0.1, 0.15) is 5.82 Å². The highest BCUT2D eigenvalue weighted by Gasteiger charge is 2.36. The Morgan fingerprint density at radius 1 is 1.35 bits per heavy atom. The molecule has 6 nitrogen and oxygen atoms in total. The highest BCUT2D eigenvalue weighted by atomic mass is 15.3. The van der Waals surface area contributed by atoms with Crippen LogP contribution in [0.1, 0.15) is 33.1 Å². The van der Waals surface area contributed by atoms with Crippen LogP contribution in [0.2, 0.25) is 0 Å². The summed E-state index contributed by atoms with van der Waals surface area (Å²) in [4.78, 5) is 11.4. The Hall–Kier alpha value is -1.85. The summed E-state index contributed by atoms with van der Waals surface area (Å²) >= 11 is 0. The molecule has 2 aromatic heterocycles. The van der Waals surface area contributed by atoms with Gasteiger partial charge in [-0.2, -0.15) is 15.1 Å². The lowest BCUT2D eigenvalue weighted by atomic mass is 9.82. The quantitative estimate of drug-likeness (QED) is 0.896. The molecule has 1 aliphatic rings. The number of nitrogens with zero attached hydrogens (tertiary/aromatic N) is 4. The van der Waals surface area contributed by atoms with Crippen LogP contribution < -0.4 is 10.2 Å². The molecule has 1 fully saturated rings. The van der Waals surface area contributed by atoms with Crippen molar-refractivity contribution in [3.63, 3.8) is 0 Å². The third-order valence-corrected chi connectivity index (χ3v) is 4.75. The monoisotopic (exact) mass is 274 g/mol. The summed E-state index contributed by atoms with van der Waals surface area (Å²) < 4.78 is 0. The molecule has 2 aromatic rings. The van der Waals surface area contributed by atoms with Gasteiger partial charge in [-0.3, -0.25) is 5.10 Å². The largest absolute Gasteiger partial charge is 0.357 e. The van der Waals surface area contributed by atoms with Gasteiger partial charge in [0.25, 0.3) is 0 Å². The van der Waals surface area contributed by atoms with Gasteiger partial charge in [0.05, 0.1) is 11.6 Å². The lowest BCUT2D eigenvalue weighted by molar-refractivity contribution is 0.301. The second-order valence-electron chi connectivity index (χ2n) is 5.63. The molecular formula is C14H22N6. The normalized spacial score (nSPS) is 17.9. The minimum atomic E-state index is 0.431. The number of rotatable bonds is 4. The van der Waals surface area contributed by atoms with Crippen molar-refractivity contribution in [1.29, 1.82) is 0 Å². The van der Waals surface area contributed by atoms with Gasteiger partial charge in [-0.15, -0.1) is 0 Å². The van der Waals surface area contributed by atoms with E-state index in [-0.39, 0.29) is 0 Å². The molecule has 0 radical (unpaired) electrons. The van der Waals surface area contributed by atoms with Gasteiger partial charge in [-0.1, -0.05) is 13.8 Å². The number of aromatic nitrogens is 4. The summed E-state index contributed by atoms with van der Waals surface area (Å²) in [6.45, 7) is 6.71. The minimum Gasteiger partial charge on any atom is -0.357 e. The van der Waals surface area contributed by atoms with Crippen molar-refractivity contribution in [1.82, 2.24) is 20.2 Å². The molecule has 6 heteroatoms. The van der Waals surface area contributed by atoms with Crippen LogP contribution in [0.15, 0.2) is 6.20 Å². The summed E-state index contributed by atoms with van der Waals surface area (Å²) in [5.74, 6) is 1.64. The maximum Gasteiger partial charge on any atom is 0.226 e. The van der Waals surface area contributed by atoms with Crippen LogP contribution in [-0.2, 0) is 0 Å². The Morgan fingerprint density at radius 3 is 2.80 bits per heavy atom. The van der Waals surface area contributed by atoms with E-state index in [2.05, 4.69) is 44.2 Å². The van der Waals surface area contributed by atoms with Crippen LogP contribution in [0.4, 0.5) is 11.8 Å². The molecule has 0 unspecified atom stereocenters. The summed E-state index contributed by atoms with van der Waals surface area (Å²) in [6.07, 6.45) is 5.50. The zero-order valence-corrected chi connectivity index (χ0v) is 12.4. The van der Waals surface area contributed by atoms with Crippen molar-refractivity contribution >= 4 is 22.8 Å². The number of hydrogen-bond donors (Lipinski definition) is 2. The summed E-state index contributed by atoms with van der Waals surface area (Å²) in [6, 6.07) is 0. The molecule has 108 valence electrons. The molecule has 0 aliphatic carbocycles. The van der Waals surface area contributed by atoms with E-state index in [9.17, 15) is 0 Å². The van der Waals surface area contributed by atoms with Gasteiger partial charge in [-0.25, -0.2) is 0 Å². The topological polar surface area (TPSA) is 69.7 Å². The fourth-order valence-electron chi connectivity index (χ4n) is 3.12. The van der Waals surface area contributed by atoms with Crippen LogP contribution in [0.3, 0.4) is 0 Å². The smallest absolute Gasteiger partial charge is 0.226 e. The zero-order valence-electron chi connectivity index (χ0n) is 12.4. The molecular weight excluding hydrogens is 252 g/mol. The van der Waals surface area contributed by atoms with E-state index in [1.165, 1.54) is 19.3 Å². The average molecular weight is 274 g/mol. The molecule has 0 amide bonds. The fraction of sp³-hybridized carbons (Fsp3) is 0.643. The third kappa shape index (κ3) is 1.99. The van der Waals surface area contributed by atoms with E-state index in [1.54, 1.807) is 0 Å². The Labute approximate surface area is 119 Å². The molecule has 20 heavy (non-hydrogen) atoms. The number of H-pyrrole nitrogens is 1. The molecule has 1 aliphatic heterocycles. The number of fused-ring (bicyclic) bond motifs is 1. The van der Waals surface area contributed by atoms with Crippen LogP contribution in [0, 0.1) is 5.41 Å². The molecule has 0 spiro atoms. The highest BCUT2D eigenvalue weighted by molar-refractivity contribution is 5.87. The molecule has 2 N–H and O–H groups in total. The average Bonchev–Trinajstić information content (AvgIpc) is 3.13. The lowest BCUT2D eigenvalue weighted by Crippen LogP contribution is -2.27. The first kappa shape index (κ1) is 13.1. The lowest BCUT2D eigenvalue weighted by Gasteiger charge is -2.27. The Bertz CT molecular complexity index is 601. The predicted octanol–water partition coefficient (Wildman–Crippen LogP) is 2.41. The van der Waals surface area contributed by atoms with Crippen molar-refractivity contribution in [2.75, 3.05) is 30.4 Å². The standard InChI is InChI=1S/C14H22N6/c1-4-14(5-2)6-7-20(9-14)12-10-8-16-19-11(10)17-13(15-3)18-12/h8H,4-7,9H2,1-3H3,(H2,15,16,17,18,19). The minimum absolute atomic E-state index is 0.431. The van der Waals surface area contributed by atoms with Crippen molar-refractivity contribution in [3.8, 4) is 0 Å². The van der Waals surface area contributed by atoms with Crippen molar-refractivity contribution < 1.29 is 0 Å². The first-order valence-corrected chi connectivity index (χ1v) is 7.35. The van der Waals surface area contributed by atoms with Crippen LogP contribution in [0.25, 0.3) is 11.0 Å². The van der Waals surface area contributed by atoms with Crippen molar-refractivity contribution in [2.45, 2.75) is 33.1 Å². The van der Waals surface area contributed by atoms with Crippen molar-refractivity contribution in [3.05, 3.63) is 6.20 Å². The summed E-state index contributed by atoms with van der Waals surface area (Å²) in [7, 11) is 1.84. The Morgan fingerprint density at radius 2 is 2.15 bits per heavy atom. The molecule has 0 saturated carbocycles. The van der Waals surface area contributed by atoms with Gasteiger partial charge in [-0.05, 0) is 24.7 Å².